The van der Waals surface area contributed by atoms with Crippen molar-refractivity contribution in [3.05, 3.63) is 30.5 Å². The van der Waals surface area contributed by atoms with Crippen molar-refractivity contribution in [2.24, 2.45) is 0 Å². The van der Waals surface area contributed by atoms with Gasteiger partial charge in [-0.15, -0.1) is 0 Å². The molecule has 0 saturated carbocycles. The predicted molar refractivity (Wildman–Crippen MR) is 55.9 cm³/mol. The minimum atomic E-state index is 0.820. The van der Waals surface area contributed by atoms with Crippen LogP contribution in [0.2, 0.25) is 0 Å². The Balaban J connectivity index is 2.23. The number of imidazole rings is 1. The lowest BCUT2D eigenvalue weighted by molar-refractivity contribution is 1.00. The molecule has 0 amide bonds. The second-order valence-corrected chi connectivity index (χ2v) is 3.26. The SMILES string of the molecule is SCCc1ncc(-c2cc[nH]c2)[nH]1. The van der Waals surface area contributed by atoms with Crippen molar-refractivity contribution in [1.29, 1.82) is 0 Å². The van der Waals surface area contributed by atoms with Crippen LogP contribution in [0, 0.1) is 0 Å². The summed E-state index contributed by atoms with van der Waals surface area (Å²) in [6.45, 7) is 0. The zero-order valence-electron chi connectivity index (χ0n) is 7.12. The summed E-state index contributed by atoms with van der Waals surface area (Å²) in [7, 11) is 0. The zero-order valence-corrected chi connectivity index (χ0v) is 8.01. The molecule has 2 aromatic heterocycles. The number of hydrogen-bond acceptors (Lipinski definition) is 2. The van der Waals surface area contributed by atoms with E-state index >= 15 is 0 Å². The summed E-state index contributed by atoms with van der Waals surface area (Å²) >= 11 is 4.15. The Labute approximate surface area is 82.0 Å². The van der Waals surface area contributed by atoms with Gasteiger partial charge in [-0.05, 0) is 11.8 Å². The van der Waals surface area contributed by atoms with E-state index in [4.69, 9.17) is 0 Å². The number of aromatic amines is 2. The van der Waals surface area contributed by atoms with Crippen molar-refractivity contribution >= 4 is 12.6 Å². The van der Waals surface area contributed by atoms with Crippen LogP contribution in [-0.4, -0.2) is 20.7 Å². The number of thiol groups is 1. The average Bonchev–Trinajstić information content (AvgIpc) is 2.70. The van der Waals surface area contributed by atoms with E-state index in [0.717, 1.165) is 29.3 Å². The molecule has 0 spiro atoms. The van der Waals surface area contributed by atoms with Gasteiger partial charge in [0.05, 0.1) is 11.9 Å². The Morgan fingerprint density at radius 3 is 3.08 bits per heavy atom. The Morgan fingerprint density at radius 2 is 2.38 bits per heavy atom. The molecule has 3 nitrogen and oxygen atoms in total. The lowest BCUT2D eigenvalue weighted by Gasteiger charge is -1.90. The summed E-state index contributed by atoms with van der Waals surface area (Å²) in [5.74, 6) is 1.81. The molecule has 0 fully saturated rings. The van der Waals surface area contributed by atoms with Gasteiger partial charge in [-0.2, -0.15) is 12.6 Å². The first-order chi connectivity index (χ1) is 6.40. The molecular weight excluding hydrogens is 182 g/mol. The van der Waals surface area contributed by atoms with Crippen LogP contribution in [0.4, 0.5) is 0 Å². The van der Waals surface area contributed by atoms with Gasteiger partial charge in [0.15, 0.2) is 0 Å². The van der Waals surface area contributed by atoms with E-state index in [0.29, 0.717) is 0 Å². The molecule has 0 unspecified atom stereocenters. The summed E-state index contributed by atoms with van der Waals surface area (Å²) in [5, 5.41) is 0. The fourth-order valence-corrected chi connectivity index (χ4v) is 1.45. The Bertz CT molecular complexity index is 364. The highest BCUT2D eigenvalue weighted by Crippen LogP contribution is 2.15. The van der Waals surface area contributed by atoms with Crippen LogP contribution in [0.1, 0.15) is 5.82 Å². The van der Waals surface area contributed by atoms with E-state index in [-0.39, 0.29) is 0 Å². The minimum absolute atomic E-state index is 0.820. The molecule has 4 heteroatoms. The fraction of sp³-hybridized carbons (Fsp3) is 0.222. The molecule has 2 N–H and O–H groups in total. The first kappa shape index (κ1) is 8.44. The van der Waals surface area contributed by atoms with Crippen LogP contribution in [0.5, 0.6) is 0 Å². The highest BCUT2D eigenvalue weighted by molar-refractivity contribution is 7.80. The Kier molecular flexibility index (Phi) is 2.40. The van der Waals surface area contributed by atoms with Crippen LogP contribution in [-0.2, 0) is 6.42 Å². The molecule has 0 aliphatic heterocycles. The maximum Gasteiger partial charge on any atom is 0.107 e. The van der Waals surface area contributed by atoms with Gasteiger partial charge in [0, 0.05) is 24.4 Å². The largest absolute Gasteiger partial charge is 0.367 e. The number of H-pyrrole nitrogens is 2. The molecule has 0 saturated heterocycles. The first-order valence-electron chi connectivity index (χ1n) is 4.18. The molecule has 0 aliphatic rings. The average molecular weight is 193 g/mol. The number of nitrogens with one attached hydrogen (secondary N) is 2. The molecule has 0 atom stereocenters. The first-order valence-corrected chi connectivity index (χ1v) is 4.81. The fourth-order valence-electron chi connectivity index (χ4n) is 1.23. The van der Waals surface area contributed by atoms with Crippen molar-refractivity contribution in [2.45, 2.75) is 6.42 Å². The van der Waals surface area contributed by atoms with E-state index in [9.17, 15) is 0 Å². The Morgan fingerprint density at radius 1 is 1.46 bits per heavy atom. The third kappa shape index (κ3) is 1.78. The van der Waals surface area contributed by atoms with Gasteiger partial charge in [0.2, 0.25) is 0 Å². The summed E-state index contributed by atoms with van der Waals surface area (Å²) in [6, 6.07) is 2.01. The maximum atomic E-state index is 4.24. The molecule has 2 aromatic rings. The smallest absolute Gasteiger partial charge is 0.107 e. The van der Waals surface area contributed by atoms with Gasteiger partial charge >= 0.3 is 0 Å². The molecule has 0 bridgehead atoms. The third-order valence-electron chi connectivity index (χ3n) is 1.89. The van der Waals surface area contributed by atoms with Gasteiger partial charge in [0.25, 0.3) is 0 Å². The lowest BCUT2D eigenvalue weighted by Crippen LogP contribution is -1.87. The second-order valence-electron chi connectivity index (χ2n) is 2.82. The van der Waals surface area contributed by atoms with E-state index in [1.165, 1.54) is 0 Å². The number of hydrogen-bond donors (Lipinski definition) is 3. The molecule has 2 heterocycles. The van der Waals surface area contributed by atoms with E-state index < -0.39 is 0 Å². The summed E-state index contributed by atoms with van der Waals surface area (Å²) < 4.78 is 0. The van der Waals surface area contributed by atoms with E-state index in [1.807, 2.05) is 24.7 Å². The van der Waals surface area contributed by atoms with Crippen molar-refractivity contribution in [3.8, 4) is 11.3 Å². The van der Waals surface area contributed by atoms with Gasteiger partial charge < -0.3 is 9.97 Å². The highest BCUT2D eigenvalue weighted by atomic mass is 32.1. The van der Waals surface area contributed by atoms with Crippen LogP contribution >= 0.6 is 12.6 Å². The molecule has 13 heavy (non-hydrogen) atoms. The van der Waals surface area contributed by atoms with Crippen LogP contribution in [0.3, 0.4) is 0 Å². The van der Waals surface area contributed by atoms with Gasteiger partial charge in [-0.1, -0.05) is 0 Å². The quantitative estimate of drug-likeness (QED) is 0.640. The van der Waals surface area contributed by atoms with Gasteiger partial charge in [0.1, 0.15) is 5.82 Å². The Hall–Kier alpha value is -1.16. The zero-order chi connectivity index (χ0) is 9.10. The summed E-state index contributed by atoms with van der Waals surface area (Å²) in [5.41, 5.74) is 2.19. The lowest BCUT2D eigenvalue weighted by atomic mass is 10.3. The summed E-state index contributed by atoms with van der Waals surface area (Å²) in [6.07, 6.45) is 6.57. The molecule has 2 rings (SSSR count). The van der Waals surface area contributed by atoms with E-state index in [1.54, 1.807) is 0 Å². The van der Waals surface area contributed by atoms with Gasteiger partial charge in [-0.25, -0.2) is 4.98 Å². The number of aryl methyl sites for hydroxylation is 1. The van der Waals surface area contributed by atoms with Crippen LogP contribution < -0.4 is 0 Å². The van der Waals surface area contributed by atoms with Crippen molar-refractivity contribution < 1.29 is 0 Å². The van der Waals surface area contributed by atoms with Crippen LogP contribution in [0.25, 0.3) is 11.3 Å². The normalized spacial score (nSPS) is 10.5. The van der Waals surface area contributed by atoms with Gasteiger partial charge in [-0.3, -0.25) is 0 Å². The van der Waals surface area contributed by atoms with E-state index in [2.05, 4.69) is 27.6 Å². The number of aromatic nitrogens is 3. The molecular formula is C9H11N3S. The van der Waals surface area contributed by atoms with Crippen molar-refractivity contribution in [1.82, 2.24) is 15.0 Å². The highest BCUT2D eigenvalue weighted by Gasteiger charge is 2.01. The minimum Gasteiger partial charge on any atom is -0.367 e. The predicted octanol–water partition coefficient (Wildman–Crippen LogP) is 1.88. The monoisotopic (exact) mass is 193 g/mol. The molecule has 0 aromatic carbocycles. The standard InChI is InChI=1S/C9H11N3S/c13-4-2-9-11-6-8(12-9)7-1-3-10-5-7/h1,3,5-6,10,13H,2,4H2,(H,11,12). The maximum absolute atomic E-state index is 4.24. The molecule has 0 aliphatic carbocycles. The van der Waals surface area contributed by atoms with Crippen molar-refractivity contribution in [2.75, 3.05) is 5.75 Å². The second kappa shape index (κ2) is 3.70. The third-order valence-corrected chi connectivity index (χ3v) is 2.11. The number of rotatable bonds is 3. The summed E-state index contributed by atoms with van der Waals surface area (Å²) in [4.78, 5) is 10.5. The molecule has 0 radical (unpaired) electrons. The molecule has 68 valence electrons. The number of nitrogens with zero attached hydrogens (tertiary/aromatic N) is 1. The topological polar surface area (TPSA) is 44.5 Å². The van der Waals surface area contributed by atoms with Crippen molar-refractivity contribution in [3.63, 3.8) is 0 Å². The van der Waals surface area contributed by atoms with Crippen LogP contribution in [0.15, 0.2) is 24.7 Å².